The topological polar surface area (TPSA) is 294 Å². The van der Waals surface area contributed by atoms with Gasteiger partial charge < -0.3 is 99.2 Å². The van der Waals surface area contributed by atoms with E-state index in [1.807, 2.05) is 247 Å². The molecule has 0 radical (unpaired) electrons. The van der Waals surface area contributed by atoms with Crippen LogP contribution in [0.25, 0.3) is 0 Å². The highest BCUT2D eigenvalue weighted by Gasteiger charge is 2.28. The van der Waals surface area contributed by atoms with Crippen molar-refractivity contribution in [1.29, 1.82) is 0 Å². The van der Waals surface area contributed by atoms with Crippen molar-refractivity contribution in [3.05, 3.63) is 293 Å². The lowest BCUT2D eigenvalue weighted by Crippen LogP contribution is -2.23. The minimum absolute atomic E-state index is 0.149. The Hall–Kier alpha value is -12.3. The Balaban J connectivity index is 0.000000217. The normalized spacial score (nSPS) is 11.5. The van der Waals surface area contributed by atoms with Gasteiger partial charge in [0.05, 0.1) is 18.3 Å². The highest BCUT2D eigenvalue weighted by Crippen LogP contribution is 2.37. The number of likely N-dealkylation sites (N-methyl/N-ethyl adjacent to an activating group) is 6. The van der Waals surface area contributed by atoms with Gasteiger partial charge in [0.25, 0.3) is 35.4 Å². The lowest BCUT2D eigenvalue weighted by molar-refractivity contribution is 0.100. The number of aryl methyl sites for hydroxylation is 5. The number of carbonyl (C=O) groups excluding carboxylic acids is 6. The first-order chi connectivity index (χ1) is 66.4. The molecule has 1 aliphatic rings. The van der Waals surface area contributed by atoms with E-state index in [-0.39, 0.29) is 69.7 Å². The quantitative estimate of drug-likeness (QED) is 0.0208. The van der Waals surface area contributed by atoms with E-state index in [0.717, 1.165) is 84.5 Å². The molecule has 1 aliphatic carbocycles. The van der Waals surface area contributed by atoms with Crippen LogP contribution >= 0.6 is 58.0 Å². The third-order valence-electron chi connectivity index (χ3n) is 20.8. The van der Waals surface area contributed by atoms with E-state index >= 15 is 0 Å². The van der Waals surface area contributed by atoms with Gasteiger partial charge >= 0.3 is 0 Å². The Kier molecular flexibility index (Phi) is 46.7. The zero-order valence-corrected chi connectivity index (χ0v) is 86.2. The number of aromatic nitrogens is 2. The second-order valence-corrected chi connectivity index (χ2v) is 36.2. The maximum absolute atomic E-state index is 13.6. The summed E-state index contributed by atoms with van der Waals surface area (Å²) in [7, 11) is 23.5. The van der Waals surface area contributed by atoms with Gasteiger partial charge in [0.2, 0.25) is 11.8 Å². The van der Waals surface area contributed by atoms with E-state index in [4.69, 9.17) is 95.9 Å². The number of hydrogen-bond donors (Lipinski definition) is 6. The van der Waals surface area contributed by atoms with Crippen molar-refractivity contribution in [2.75, 3.05) is 202 Å². The molecular formula is C106H129Cl5N14O14. The molecule has 742 valence electrons. The summed E-state index contributed by atoms with van der Waals surface area (Å²) in [6, 6.07) is 59.0. The van der Waals surface area contributed by atoms with Crippen molar-refractivity contribution in [1.82, 2.24) is 39.4 Å². The van der Waals surface area contributed by atoms with Gasteiger partial charge in [-0.2, -0.15) is 0 Å². The summed E-state index contributed by atoms with van der Waals surface area (Å²) in [6.07, 6.45) is 5.83. The van der Waals surface area contributed by atoms with Crippen LogP contribution in [0.1, 0.15) is 123 Å². The number of anilines is 6. The van der Waals surface area contributed by atoms with Crippen LogP contribution in [0.3, 0.4) is 0 Å². The molecule has 1 heterocycles. The molecule has 10 aromatic carbocycles. The van der Waals surface area contributed by atoms with E-state index in [1.165, 1.54) is 6.33 Å². The van der Waals surface area contributed by atoms with E-state index in [1.54, 1.807) is 109 Å². The fourth-order valence-electron chi connectivity index (χ4n) is 13.1. The van der Waals surface area contributed by atoms with E-state index in [9.17, 15) is 28.8 Å². The lowest BCUT2D eigenvalue weighted by Gasteiger charge is -2.20. The molecular weight excluding hydrogens is 1870 g/mol. The van der Waals surface area contributed by atoms with Gasteiger partial charge in [-0.15, -0.1) is 0 Å². The van der Waals surface area contributed by atoms with Gasteiger partial charge in [0.15, 0.2) is 5.56 Å². The van der Waals surface area contributed by atoms with Crippen LogP contribution in [0.4, 0.5) is 34.1 Å². The van der Waals surface area contributed by atoms with Crippen LogP contribution < -0.4 is 69.8 Å². The molecule has 0 saturated heterocycles. The summed E-state index contributed by atoms with van der Waals surface area (Å²) >= 11 is 30.4. The number of rotatable bonds is 40. The van der Waals surface area contributed by atoms with Gasteiger partial charge in [-0.1, -0.05) is 100 Å². The number of carbonyl (C=O) groups is 6. The zero-order valence-electron chi connectivity index (χ0n) is 82.4. The third-order valence-corrected chi connectivity index (χ3v) is 22.9. The molecule has 33 heteroatoms. The predicted molar refractivity (Wildman–Crippen MR) is 561 cm³/mol. The second kappa shape index (κ2) is 57.9. The minimum atomic E-state index is -0.429. The largest absolute Gasteiger partial charge is 0.492 e. The average Bonchev–Trinajstić information content (AvgIpc) is 1.31. The number of para-hydroxylation sites is 2. The first kappa shape index (κ1) is 112. The van der Waals surface area contributed by atoms with Gasteiger partial charge in [0.1, 0.15) is 91.6 Å². The van der Waals surface area contributed by atoms with Crippen molar-refractivity contribution in [3.8, 4) is 46.3 Å². The predicted octanol–water partition coefficient (Wildman–Crippen LogP) is 20.9. The van der Waals surface area contributed by atoms with Crippen LogP contribution in [0.5, 0.6) is 46.3 Å². The molecule has 0 bridgehead atoms. The minimum Gasteiger partial charge on any atom is -0.492 e. The molecule has 1 fully saturated rings. The van der Waals surface area contributed by atoms with E-state index in [2.05, 4.69) is 41.9 Å². The van der Waals surface area contributed by atoms with Crippen molar-refractivity contribution in [2.45, 2.75) is 73.3 Å². The summed E-state index contributed by atoms with van der Waals surface area (Å²) in [6.45, 7) is 18.4. The molecule has 12 rings (SSSR count). The lowest BCUT2D eigenvalue weighted by atomic mass is 10.1. The number of nitrogens with one attached hydrogen (secondary N) is 6. The first-order valence-electron chi connectivity index (χ1n) is 45.5. The van der Waals surface area contributed by atoms with Crippen molar-refractivity contribution >= 4 is 128 Å². The molecule has 6 amide bonds. The molecule has 11 aromatic rings. The Labute approximate surface area is 842 Å². The molecule has 28 nitrogen and oxygen atoms in total. The molecule has 0 aliphatic heterocycles. The molecule has 139 heavy (non-hydrogen) atoms. The summed E-state index contributed by atoms with van der Waals surface area (Å²) in [5.74, 6) is 1.45. The maximum atomic E-state index is 13.6. The van der Waals surface area contributed by atoms with E-state index in [0.29, 0.717) is 153 Å². The fraction of sp³-hybridized carbons (Fsp3) is 0.340. The van der Waals surface area contributed by atoms with Crippen molar-refractivity contribution in [2.24, 2.45) is 0 Å². The van der Waals surface area contributed by atoms with Crippen LogP contribution in [0, 0.1) is 34.6 Å². The molecule has 0 unspecified atom stereocenters. The highest BCUT2D eigenvalue weighted by molar-refractivity contribution is 6.33. The smallest absolute Gasteiger partial charge is 0.266 e. The number of ether oxygens (including phenoxy) is 8. The number of halogens is 5. The summed E-state index contributed by atoms with van der Waals surface area (Å²) in [5.41, 5.74) is 10.5. The van der Waals surface area contributed by atoms with E-state index < -0.39 is 11.8 Å². The monoisotopic (exact) mass is 2000 g/mol. The van der Waals surface area contributed by atoms with Gasteiger partial charge in [-0.3, -0.25) is 28.8 Å². The summed E-state index contributed by atoms with van der Waals surface area (Å²) in [5, 5.41) is 20.5. The highest BCUT2D eigenvalue weighted by atomic mass is 35.5. The Morgan fingerprint density at radius 3 is 1.06 bits per heavy atom. The Bertz CT molecular complexity index is 5820. The first-order valence-corrected chi connectivity index (χ1v) is 47.3. The van der Waals surface area contributed by atoms with Crippen molar-refractivity contribution in [3.63, 3.8) is 0 Å². The standard InChI is InChI=1S/C30H36Cl2N4O4.C23H29ClN2O3.C18H23ClN4O3.C18H21ClN2O2.C17H20N2O2/c1-19-15-22(7-9-24(19)31)33-29(37)21-17-26(39-13-11-35(3)4)28(27(18-21)40-14-12-36(5)6)30(38)34-23-8-10-25(32)20(2)16-23;1-16-15-17(11-12-19(16)24)25-23(27)22-20(28-14-13-26(2)3)9-6-10-21(22)29-18-7-4-5-8-18;1-5-25-17-15(18(21-11-20-17)26-9-8-23(3)4)16(24)22-13-6-7-14(19)12(2)10-13;1-13-11-15(7-8-17(13)19)20-18(22)14-5-4-6-16(12-14)23-10-9-21(2)3;1-19(2)12-13-21-16-11-7-6-10-15(16)17(20)18-14-8-4-3-5-9-14/h7-10,15-18H,11-14H2,1-6H3,(H,33,37)(H,34,38);6,9-12,15,18H,4-5,7-8,13-14H2,1-3H3,(H,25,27);6-7,10-11H,5,8-9H2,1-4H3,(H,22,24);4-8,11-12H,9-10H2,1-3H3,(H,20,22);3-11H,12-13H2,1-2H3,(H,18,20). The van der Waals surface area contributed by atoms with Gasteiger partial charge in [0, 0.05) is 110 Å². The van der Waals surface area contributed by atoms with Gasteiger partial charge in [-0.05, 0) is 337 Å². The van der Waals surface area contributed by atoms with Crippen molar-refractivity contribution < 1.29 is 66.7 Å². The number of hydrogen-bond acceptors (Lipinski definition) is 22. The molecule has 1 aromatic heterocycles. The average molecular weight is 2000 g/mol. The molecule has 1 saturated carbocycles. The molecule has 0 spiro atoms. The number of amides is 6. The molecule has 6 N–H and O–H groups in total. The van der Waals surface area contributed by atoms with Crippen LogP contribution in [-0.2, 0) is 0 Å². The van der Waals surface area contributed by atoms with Gasteiger partial charge in [-0.25, -0.2) is 9.97 Å². The van der Waals surface area contributed by atoms with Crippen LogP contribution in [0.15, 0.2) is 207 Å². The second-order valence-electron chi connectivity index (χ2n) is 34.1. The van der Waals surface area contributed by atoms with Crippen LogP contribution in [0.2, 0.25) is 25.1 Å². The summed E-state index contributed by atoms with van der Waals surface area (Å²) < 4.78 is 46.8. The Morgan fingerprint density at radius 1 is 0.309 bits per heavy atom. The summed E-state index contributed by atoms with van der Waals surface area (Å²) in [4.78, 5) is 97.9. The SMILES string of the molecule is CCOc1ncnc(OCCN(C)C)c1C(=O)Nc1ccc(Cl)c(C)c1.CN(C)CCOc1ccccc1C(=O)Nc1ccccc1.Cc1cc(NC(=O)c2c(OCCN(C)C)cccc2OC2CCCC2)ccc1Cl.Cc1cc(NC(=O)c2cc(OCCN(C)C)c(C(=O)Nc3ccc(Cl)c(C)c3)c(OCCN(C)C)c2)ccc1Cl.Cc1cc(NC(=O)c2cccc(OCCN(C)C)c2)ccc1Cl. The number of benzene rings is 10. The van der Waals surface area contributed by atoms with Crippen LogP contribution in [-0.4, -0.2) is 251 Å². The Morgan fingerprint density at radius 2 is 0.640 bits per heavy atom. The fourth-order valence-corrected chi connectivity index (χ4v) is 13.7. The third kappa shape index (κ3) is 38.4. The zero-order chi connectivity index (χ0) is 101. The number of nitrogens with zero attached hydrogens (tertiary/aromatic N) is 8. The maximum Gasteiger partial charge on any atom is 0.266 e. The molecule has 0 atom stereocenters.